The number of amides is 1. The van der Waals surface area contributed by atoms with Gasteiger partial charge < -0.3 is 14.7 Å². The second-order valence-corrected chi connectivity index (χ2v) is 6.24. The normalized spacial score (nSPS) is 21.3. The van der Waals surface area contributed by atoms with E-state index < -0.39 is 5.60 Å². The van der Waals surface area contributed by atoms with E-state index in [4.69, 9.17) is 4.74 Å². The zero-order chi connectivity index (χ0) is 14.8. The first-order chi connectivity index (χ1) is 9.30. The van der Waals surface area contributed by atoms with Crippen molar-refractivity contribution in [2.24, 2.45) is 0 Å². The summed E-state index contributed by atoms with van der Waals surface area (Å²) >= 11 is 0. The van der Waals surface area contributed by atoms with Gasteiger partial charge in [-0.15, -0.1) is 0 Å². The molecule has 1 aliphatic heterocycles. The molecule has 4 nitrogen and oxygen atoms in total. The number of aliphatic hydroxyl groups is 1. The fourth-order valence-corrected chi connectivity index (χ4v) is 2.53. The van der Waals surface area contributed by atoms with Crippen LogP contribution in [0.5, 0.6) is 0 Å². The molecule has 110 valence electrons. The molecule has 1 N–H and O–H groups in total. The minimum absolute atomic E-state index is 0.0322. The summed E-state index contributed by atoms with van der Waals surface area (Å²) < 4.78 is 5.60. The maximum Gasteiger partial charge on any atom is 0.225 e. The van der Waals surface area contributed by atoms with E-state index in [2.05, 4.69) is 0 Å². The summed E-state index contributed by atoms with van der Waals surface area (Å²) in [5, 5.41) is 10.5. The van der Waals surface area contributed by atoms with Gasteiger partial charge in [0.2, 0.25) is 5.91 Å². The lowest BCUT2D eigenvalue weighted by atomic mass is 9.91. The molecule has 1 atom stereocenters. The van der Waals surface area contributed by atoms with Gasteiger partial charge in [0, 0.05) is 13.1 Å². The van der Waals surface area contributed by atoms with Gasteiger partial charge in [0.1, 0.15) is 0 Å². The smallest absolute Gasteiger partial charge is 0.225 e. The second kappa shape index (κ2) is 5.54. The Kier molecular flexibility index (Phi) is 4.16. The van der Waals surface area contributed by atoms with Crippen LogP contribution in [0.2, 0.25) is 0 Å². The Morgan fingerprint density at radius 1 is 1.40 bits per heavy atom. The van der Waals surface area contributed by atoms with Crippen molar-refractivity contribution < 1.29 is 14.6 Å². The summed E-state index contributed by atoms with van der Waals surface area (Å²) in [6.07, 6.45) is 0.0904. The van der Waals surface area contributed by atoms with Crippen molar-refractivity contribution in [2.45, 2.75) is 38.4 Å². The van der Waals surface area contributed by atoms with Gasteiger partial charge in [-0.1, -0.05) is 30.3 Å². The third kappa shape index (κ3) is 3.58. The van der Waals surface area contributed by atoms with E-state index in [1.54, 1.807) is 11.8 Å². The van der Waals surface area contributed by atoms with Crippen molar-refractivity contribution >= 4 is 5.91 Å². The monoisotopic (exact) mass is 277 g/mol. The van der Waals surface area contributed by atoms with Gasteiger partial charge in [0.05, 0.1) is 24.2 Å². The van der Waals surface area contributed by atoms with Gasteiger partial charge in [0.25, 0.3) is 0 Å². The van der Waals surface area contributed by atoms with E-state index in [-0.39, 0.29) is 17.9 Å². The number of hydrogen-bond donors (Lipinski definition) is 1. The lowest BCUT2D eigenvalue weighted by Gasteiger charge is -2.39. The van der Waals surface area contributed by atoms with Gasteiger partial charge in [-0.05, 0) is 26.3 Å². The average Bonchev–Trinajstić information content (AvgIpc) is 2.38. The molecule has 1 unspecified atom stereocenters. The molecule has 0 bridgehead atoms. The number of carbonyl (C=O) groups is 1. The van der Waals surface area contributed by atoms with E-state index in [1.165, 1.54) is 0 Å². The predicted molar refractivity (Wildman–Crippen MR) is 77.2 cm³/mol. The van der Waals surface area contributed by atoms with E-state index in [1.807, 2.05) is 44.2 Å². The van der Waals surface area contributed by atoms with Crippen molar-refractivity contribution in [1.29, 1.82) is 0 Å². The fourth-order valence-electron chi connectivity index (χ4n) is 2.53. The van der Waals surface area contributed by atoms with Crippen molar-refractivity contribution in [2.75, 3.05) is 19.7 Å². The van der Waals surface area contributed by atoms with Crippen molar-refractivity contribution in [3.8, 4) is 0 Å². The third-order valence-corrected chi connectivity index (χ3v) is 3.67. The summed E-state index contributed by atoms with van der Waals surface area (Å²) in [7, 11) is 0. The largest absolute Gasteiger partial charge is 0.385 e. The Balaban J connectivity index is 2.04. The van der Waals surface area contributed by atoms with Gasteiger partial charge >= 0.3 is 0 Å². The SMILES string of the molecule is CC1(C)CN(C(=O)CC(C)(O)c2ccccc2)CCO1. The highest BCUT2D eigenvalue weighted by Crippen LogP contribution is 2.26. The zero-order valence-corrected chi connectivity index (χ0v) is 12.4. The second-order valence-electron chi connectivity index (χ2n) is 6.24. The lowest BCUT2D eigenvalue weighted by Crippen LogP contribution is -2.51. The Morgan fingerprint density at radius 3 is 2.65 bits per heavy atom. The molecule has 1 aliphatic rings. The molecule has 0 radical (unpaired) electrons. The van der Waals surface area contributed by atoms with Crippen molar-refractivity contribution in [3.63, 3.8) is 0 Å². The minimum atomic E-state index is -1.14. The van der Waals surface area contributed by atoms with E-state index in [0.717, 1.165) is 5.56 Å². The summed E-state index contributed by atoms with van der Waals surface area (Å²) in [6, 6.07) is 9.32. The number of nitrogens with zero attached hydrogens (tertiary/aromatic N) is 1. The molecule has 2 rings (SSSR count). The summed E-state index contributed by atoms with van der Waals surface area (Å²) in [6.45, 7) is 7.34. The highest BCUT2D eigenvalue weighted by atomic mass is 16.5. The summed E-state index contributed by atoms with van der Waals surface area (Å²) in [5.41, 5.74) is -0.686. The number of rotatable bonds is 3. The molecule has 0 spiro atoms. The molecule has 1 fully saturated rings. The summed E-state index contributed by atoms with van der Waals surface area (Å²) in [4.78, 5) is 14.2. The Hall–Kier alpha value is -1.39. The molecule has 4 heteroatoms. The minimum Gasteiger partial charge on any atom is -0.385 e. The van der Waals surface area contributed by atoms with Crippen molar-refractivity contribution in [1.82, 2.24) is 4.90 Å². The van der Waals surface area contributed by atoms with Crippen LogP contribution in [-0.2, 0) is 15.1 Å². The topological polar surface area (TPSA) is 49.8 Å². The molecule has 1 amide bonds. The van der Waals surface area contributed by atoms with Crippen LogP contribution in [0, 0.1) is 0 Å². The quantitative estimate of drug-likeness (QED) is 0.918. The van der Waals surface area contributed by atoms with Crippen LogP contribution in [0.3, 0.4) is 0 Å². The van der Waals surface area contributed by atoms with Gasteiger partial charge in [-0.2, -0.15) is 0 Å². The molecular formula is C16H23NO3. The van der Waals surface area contributed by atoms with Gasteiger partial charge in [-0.3, -0.25) is 4.79 Å². The van der Waals surface area contributed by atoms with Crippen molar-refractivity contribution in [3.05, 3.63) is 35.9 Å². The summed E-state index contributed by atoms with van der Waals surface area (Å²) in [5.74, 6) is -0.0322. The molecule has 0 aromatic heterocycles. The zero-order valence-electron chi connectivity index (χ0n) is 12.4. The van der Waals surface area contributed by atoms with E-state index >= 15 is 0 Å². The van der Waals surface area contributed by atoms with E-state index in [0.29, 0.717) is 19.7 Å². The molecule has 1 saturated heterocycles. The molecule has 20 heavy (non-hydrogen) atoms. The first-order valence-corrected chi connectivity index (χ1v) is 7.00. The van der Waals surface area contributed by atoms with Crippen LogP contribution >= 0.6 is 0 Å². The number of morpholine rings is 1. The standard InChI is InChI=1S/C16H23NO3/c1-15(2)12-17(9-10-20-15)14(18)11-16(3,19)13-7-5-4-6-8-13/h4-8,19H,9-12H2,1-3H3. The molecule has 0 aliphatic carbocycles. The Bertz CT molecular complexity index is 468. The fraction of sp³-hybridized carbons (Fsp3) is 0.562. The first-order valence-electron chi connectivity index (χ1n) is 7.00. The number of carbonyl (C=O) groups excluding carboxylic acids is 1. The first kappa shape index (κ1) is 15.0. The van der Waals surface area contributed by atoms with Crippen LogP contribution < -0.4 is 0 Å². The molecule has 1 aromatic rings. The Morgan fingerprint density at radius 2 is 2.05 bits per heavy atom. The Labute approximate surface area is 120 Å². The maximum absolute atomic E-state index is 12.4. The predicted octanol–water partition coefficient (Wildman–Crippen LogP) is 1.92. The highest BCUT2D eigenvalue weighted by Gasteiger charge is 2.34. The van der Waals surface area contributed by atoms with Crippen LogP contribution in [0.15, 0.2) is 30.3 Å². The van der Waals surface area contributed by atoms with Crippen LogP contribution in [0.1, 0.15) is 32.8 Å². The highest BCUT2D eigenvalue weighted by molar-refractivity contribution is 5.77. The number of ether oxygens (including phenoxy) is 1. The molecule has 1 aromatic carbocycles. The average molecular weight is 277 g/mol. The van der Waals surface area contributed by atoms with Crippen LogP contribution in [0.25, 0.3) is 0 Å². The molecule has 0 saturated carbocycles. The molecule has 1 heterocycles. The van der Waals surface area contributed by atoms with Crippen LogP contribution in [-0.4, -0.2) is 41.2 Å². The number of hydrogen-bond acceptors (Lipinski definition) is 3. The third-order valence-electron chi connectivity index (χ3n) is 3.67. The molecular weight excluding hydrogens is 254 g/mol. The van der Waals surface area contributed by atoms with E-state index in [9.17, 15) is 9.90 Å². The van der Waals surface area contributed by atoms with Gasteiger partial charge in [0.15, 0.2) is 0 Å². The van der Waals surface area contributed by atoms with Gasteiger partial charge in [-0.25, -0.2) is 0 Å². The lowest BCUT2D eigenvalue weighted by molar-refractivity contribution is -0.150. The van der Waals surface area contributed by atoms with Crippen LogP contribution in [0.4, 0.5) is 0 Å². The number of benzene rings is 1. The maximum atomic E-state index is 12.4.